The van der Waals surface area contributed by atoms with E-state index in [2.05, 4.69) is 0 Å². The highest BCUT2D eigenvalue weighted by Crippen LogP contribution is 2.21. The number of aromatic hydroxyl groups is 1. The first kappa shape index (κ1) is 15.5. The monoisotopic (exact) mass is 304 g/mol. The number of carbonyl (C=O) groups is 2. The molecule has 0 radical (unpaired) electrons. The minimum absolute atomic E-state index is 0.0208. The average Bonchev–Trinajstić information content (AvgIpc) is 2.52. The predicted octanol–water partition coefficient (Wildman–Crippen LogP) is 2.58. The van der Waals surface area contributed by atoms with Gasteiger partial charge in [0.2, 0.25) is 5.78 Å². The number of ketones is 1. The van der Waals surface area contributed by atoms with Gasteiger partial charge in [-0.3, -0.25) is 4.79 Å². The molecule has 0 fully saturated rings. The Bertz CT molecular complexity index is 711. The number of hydrogen-bond acceptors (Lipinski definition) is 5. The minimum atomic E-state index is -0.846. The third-order valence-corrected chi connectivity index (χ3v) is 2.92. The van der Waals surface area contributed by atoms with Crippen LogP contribution < -0.4 is 4.74 Å². The molecule has 0 bridgehead atoms. The summed E-state index contributed by atoms with van der Waals surface area (Å²) in [7, 11) is 1.35. The third-order valence-electron chi connectivity index (χ3n) is 2.92. The summed E-state index contributed by atoms with van der Waals surface area (Å²) in [5, 5.41) is 9.53. The van der Waals surface area contributed by atoms with Gasteiger partial charge in [0.15, 0.2) is 6.61 Å². The number of carbonyl (C=O) groups excluding carboxylic acids is 2. The van der Waals surface area contributed by atoms with Crippen molar-refractivity contribution in [2.45, 2.75) is 0 Å². The van der Waals surface area contributed by atoms with E-state index in [0.29, 0.717) is 0 Å². The fourth-order valence-electron chi connectivity index (χ4n) is 1.83. The molecule has 0 aromatic heterocycles. The quantitative estimate of drug-likeness (QED) is 0.679. The maximum atomic E-state index is 13.2. The van der Waals surface area contributed by atoms with E-state index < -0.39 is 24.2 Å². The number of methoxy groups -OCH3 is 1. The molecule has 0 saturated heterocycles. The number of benzene rings is 2. The number of hydrogen-bond donors (Lipinski definition) is 1. The highest BCUT2D eigenvalue weighted by atomic mass is 19.1. The standard InChI is InChI=1S/C16H13FO5/c1-21-15-7-6-10(17)8-12(15)14(19)9-22-16(20)11-4-2-3-5-13(11)18/h2-8,18H,9H2,1H3. The van der Waals surface area contributed by atoms with E-state index >= 15 is 0 Å². The second-order valence-corrected chi connectivity index (χ2v) is 4.36. The van der Waals surface area contributed by atoms with Crippen molar-refractivity contribution in [3.05, 3.63) is 59.4 Å². The smallest absolute Gasteiger partial charge is 0.342 e. The number of Topliss-reactive ketones (excluding diaryl/α,β-unsaturated/α-hetero) is 1. The van der Waals surface area contributed by atoms with Crippen LogP contribution >= 0.6 is 0 Å². The van der Waals surface area contributed by atoms with Gasteiger partial charge in [0.25, 0.3) is 0 Å². The Morgan fingerprint density at radius 2 is 1.86 bits per heavy atom. The Morgan fingerprint density at radius 3 is 2.55 bits per heavy atom. The molecule has 0 spiro atoms. The minimum Gasteiger partial charge on any atom is -0.507 e. The number of para-hydroxylation sites is 1. The van der Waals surface area contributed by atoms with E-state index in [4.69, 9.17) is 9.47 Å². The zero-order chi connectivity index (χ0) is 16.1. The molecule has 0 aliphatic rings. The second kappa shape index (κ2) is 6.71. The van der Waals surface area contributed by atoms with Gasteiger partial charge in [0.05, 0.1) is 12.7 Å². The van der Waals surface area contributed by atoms with Gasteiger partial charge in [-0.05, 0) is 30.3 Å². The Balaban J connectivity index is 2.09. The van der Waals surface area contributed by atoms with Crippen LogP contribution in [0.25, 0.3) is 0 Å². The van der Waals surface area contributed by atoms with E-state index in [0.717, 1.165) is 12.1 Å². The fraction of sp³-hybridized carbons (Fsp3) is 0.125. The van der Waals surface area contributed by atoms with Crippen molar-refractivity contribution in [3.8, 4) is 11.5 Å². The predicted molar refractivity (Wildman–Crippen MR) is 75.7 cm³/mol. The normalized spacial score (nSPS) is 10.1. The fourth-order valence-corrected chi connectivity index (χ4v) is 1.83. The average molecular weight is 304 g/mol. The van der Waals surface area contributed by atoms with Gasteiger partial charge in [0.1, 0.15) is 22.9 Å². The summed E-state index contributed by atoms with van der Waals surface area (Å²) in [6, 6.07) is 9.27. The summed E-state index contributed by atoms with van der Waals surface area (Å²) in [6.45, 7) is -0.590. The molecule has 22 heavy (non-hydrogen) atoms. The number of halogens is 1. The lowest BCUT2D eigenvalue weighted by Crippen LogP contribution is -2.15. The molecule has 6 heteroatoms. The molecule has 0 aliphatic heterocycles. The van der Waals surface area contributed by atoms with Crippen LogP contribution in [0, 0.1) is 5.82 Å². The van der Waals surface area contributed by atoms with Gasteiger partial charge in [-0.1, -0.05) is 12.1 Å². The summed E-state index contributed by atoms with van der Waals surface area (Å²) in [6.07, 6.45) is 0. The Morgan fingerprint density at radius 1 is 1.14 bits per heavy atom. The van der Waals surface area contributed by atoms with Crippen LogP contribution in [0.1, 0.15) is 20.7 Å². The van der Waals surface area contributed by atoms with E-state index in [1.54, 1.807) is 12.1 Å². The summed E-state index contributed by atoms with van der Waals surface area (Å²) < 4.78 is 23.0. The van der Waals surface area contributed by atoms with Gasteiger partial charge in [-0.25, -0.2) is 9.18 Å². The second-order valence-electron chi connectivity index (χ2n) is 4.36. The van der Waals surface area contributed by atoms with Crippen molar-refractivity contribution in [1.29, 1.82) is 0 Å². The van der Waals surface area contributed by atoms with Crippen LogP contribution in [0.15, 0.2) is 42.5 Å². The summed E-state index contributed by atoms with van der Waals surface area (Å²) in [4.78, 5) is 23.8. The third kappa shape index (κ3) is 3.41. The molecule has 0 heterocycles. The number of esters is 1. The highest BCUT2D eigenvalue weighted by molar-refractivity contribution is 6.01. The molecule has 5 nitrogen and oxygen atoms in total. The molecule has 1 N–H and O–H groups in total. The Labute approximate surface area is 125 Å². The highest BCUT2D eigenvalue weighted by Gasteiger charge is 2.17. The van der Waals surface area contributed by atoms with E-state index in [1.165, 1.54) is 25.3 Å². The van der Waals surface area contributed by atoms with Gasteiger partial charge in [0, 0.05) is 0 Å². The maximum Gasteiger partial charge on any atom is 0.342 e. The van der Waals surface area contributed by atoms with Crippen LogP contribution in [-0.2, 0) is 4.74 Å². The summed E-state index contributed by atoms with van der Waals surface area (Å²) in [5.41, 5.74) is -0.0749. The van der Waals surface area contributed by atoms with E-state index in [-0.39, 0.29) is 22.6 Å². The molecule has 114 valence electrons. The van der Waals surface area contributed by atoms with Crippen molar-refractivity contribution in [3.63, 3.8) is 0 Å². The Hall–Kier alpha value is -2.89. The van der Waals surface area contributed by atoms with Crippen molar-refractivity contribution >= 4 is 11.8 Å². The molecule has 0 atom stereocenters. The van der Waals surface area contributed by atoms with Crippen molar-refractivity contribution in [2.24, 2.45) is 0 Å². The van der Waals surface area contributed by atoms with E-state index in [9.17, 15) is 19.1 Å². The Kier molecular flexibility index (Phi) is 4.73. The molecule has 0 aliphatic carbocycles. The molecular weight excluding hydrogens is 291 g/mol. The van der Waals surface area contributed by atoms with Crippen molar-refractivity contribution < 1.29 is 28.6 Å². The van der Waals surface area contributed by atoms with Crippen LogP contribution in [0.3, 0.4) is 0 Å². The summed E-state index contributed by atoms with van der Waals surface area (Å²) in [5.74, 6) is -2.12. The van der Waals surface area contributed by atoms with Gasteiger partial charge < -0.3 is 14.6 Å². The lowest BCUT2D eigenvalue weighted by molar-refractivity contribution is 0.0471. The van der Waals surface area contributed by atoms with Gasteiger partial charge >= 0.3 is 5.97 Å². The van der Waals surface area contributed by atoms with Crippen LogP contribution in [0.5, 0.6) is 11.5 Å². The van der Waals surface area contributed by atoms with Gasteiger partial charge in [-0.15, -0.1) is 0 Å². The SMILES string of the molecule is COc1ccc(F)cc1C(=O)COC(=O)c1ccccc1O. The first-order valence-electron chi connectivity index (χ1n) is 6.34. The van der Waals surface area contributed by atoms with E-state index in [1.807, 2.05) is 0 Å². The van der Waals surface area contributed by atoms with Crippen LogP contribution in [0.2, 0.25) is 0 Å². The van der Waals surface area contributed by atoms with Crippen LogP contribution in [0.4, 0.5) is 4.39 Å². The largest absolute Gasteiger partial charge is 0.507 e. The molecule has 2 aromatic carbocycles. The van der Waals surface area contributed by atoms with Gasteiger partial charge in [-0.2, -0.15) is 0 Å². The topological polar surface area (TPSA) is 72.8 Å². The number of phenolic OH excluding ortho intramolecular Hbond substituents is 1. The zero-order valence-electron chi connectivity index (χ0n) is 11.7. The molecule has 0 saturated carbocycles. The molecule has 0 amide bonds. The van der Waals surface area contributed by atoms with Crippen LogP contribution in [-0.4, -0.2) is 30.6 Å². The zero-order valence-corrected chi connectivity index (χ0v) is 11.7. The van der Waals surface area contributed by atoms with Crippen molar-refractivity contribution in [1.82, 2.24) is 0 Å². The molecule has 2 rings (SSSR count). The summed E-state index contributed by atoms with van der Waals surface area (Å²) >= 11 is 0. The van der Waals surface area contributed by atoms with Crippen molar-refractivity contribution in [2.75, 3.05) is 13.7 Å². The first-order valence-corrected chi connectivity index (χ1v) is 6.34. The molecular formula is C16H13FO5. The molecule has 0 unspecified atom stereocenters. The lowest BCUT2D eigenvalue weighted by atomic mass is 10.1. The lowest BCUT2D eigenvalue weighted by Gasteiger charge is -2.09. The molecule has 2 aromatic rings. The first-order chi connectivity index (χ1) is 10.5. The maximum absolute atomic E-state index is 13.2. The number of phenols is 1. The number of rotatable bonds is 5. The number of ether oxygens (including phenoxy) is 2.